The minimum absolute atomic E-state index is 0. The molecule has 1 aliphatic heterocycles. The van der Waals surface area contributed by atoms with Gasteiger partial charge in [0.25, 0.3) is 5.91 Å². The topological polar surface area (TPSA) is 50.4 Å². The smallest absolute Gasteiger partial charge is 0.260 e. The molecule has 1 aromatic rings. The van der Waals surface area contributed by atoms with E-state index in [4.69, 9.17) is 4.74 Å². The van der Waals surface area contributed by atoms with E-state index in [1.54, 1.807) is 6.92 Å². The maximum absolute atomic E-state index is 12.3. The minimum Gasteiger partial charge on any atom is -0.481 e. The number of carbonyl (C=O) groups excluding carboxylic acids is 1. The Bertz CT molecular complexity index is 525. The number of nitrogens with one attached hydrogen (secondary N) is 2. The standard InChI is InChI=1S/C19H30N2O2.ClH/c1-13-12-16(10-11-20-13)21-18(22)14(2)23-17-8-6-15(7-9-17)19(3,4)5;/h6-9,13-14,16,20H,10-12H2,1-5H3,(H,21,22);1H. The van der Waals surface area contributed by atoms with Gasteiger partial charge in [0.15, 0.2) is 6.10 Å². The number of rotatable bonds is 4. The second-order valence-corrected chi connectivity index (χ2v) is 7.62. The number of amides is 1. The molecular formula is C19H31ClN2O2. The van der Waals surface area contributed by atoms with Crippen LogP contribution in [0.2, 0.25) is 0 Å². The highest BCUT2D eigenvalue weighted by Crippen LogP contribution is 2.24. The van der Waals surface area contributed by atoms with Crippen LogP contribution in [0, 0.1) is 0 Å². The van der Waals surface area contributed by atoms with Gasteiger partial charge in [-0.3, -0.25) is 4.79 Å². The van der Waals surface area contributed by atoms with Crippen LogP contribution < -0.4 is 15.4 Å². The second-order valence-electron chi connectivity index (χ2n) is 7.62. The third-order valence-corrected chi connectivity index (χ3v) is 4.37. The van der Waals surface area contributed by atoms with Crippen molar-refractivity contribution in [2.24, 2.45) is 0 Å². The minimum atomic E-state index is -0.485. The number of hydrogen-bond donors (Lipinski definition) is 2. The van der Waals surface area contributed by atoms with Crippen molar-refractivity contribution in [3.63, 3.8) is 0 Å². The Balaban J connectivity index is 0.00000288. The Labute approximate surface area is 152 Å². The molecule has 24 heavy (non-hydrogen) atoms. The predicted molar refractivity (Wildman–Crippen MR) is 101 cm³/mol. The molecule has 0 bridgehead atoms. The van der Waals surface area contributed by atoms with Gasteiger partial charge in [0.2, 0.25) is 0 Å². The van der Waals surface area contributed by atoms with Gasteiger partial charge < -0.3 is 15.4 Å². The summed E-state index contributed by atoms with van der Waals surface area (Å²) in [4.78, 5) is 12.3. The Morgan fingerprint density at radius 2 is 1.92 bits per heavy atom. The lowest BCUT2D eigenvalue weighted by molar-refractivity contribution is -0.128. The maximum Gasteiger partial charge on any atom is 0.260 e. The molecule has 0 aromatic heterocycles. The fraction of sp³-hybridized carbons (Fsp3) is 0.632. The van der Waals surface area contributed by atoms with E-state index in [1.165, 1.54) is 5.56 Å². The van der Waals surface area contributed by atoms with Gasteiger partial charge in [0, 0.05) is 12.1 Å². The van der Waals surface area contributed by atoms with Crippen molar-refractivity contribution < 1.29 is 9.53 Å². The number of benzene rings is 1. The molecule has 1 fully saturated rings. The van der Waals surface area contributed by atoms with E-state index in [2.05, 4.69) is 50.5 Å². The third-order valence-electron chi connectivity index (χ3n) is 4.37. The van der Waals surface area contributed by atoms with E-state index in [1.807, 2.05) is 12.1 Å². The van der Waals surface area contributed by atoms with Crippen LogP contribution in [0.4, 0.5) is 0 Å². The SMILES string of the molecule is CC1CC(NC(=O)C(C)Oc2ccc(C(C)(C)C)cc2)CCN1.Cl. The van der Waals surface area contributed by atoms with Gasteiger partial charge in [-0.05, 0) is 56.3 Å². The first-order valence-corrected chi connectivity index (χ1v) is 8.56. The summed E-state index contributed by atoms with van der Waals surface area (Å²) in [7, 11) is 0. The van der Waals surface area contributed by atoms with Crippen LogP contribution in [-0.2, 0) is 10.2 Å². The van der Waals surface area contributed by atoms with Crippen molar-refractivity contribution in [1.82, 2.24) is 10.6 Å². The van der Waals surface area contributed by atoms with Crippen molar-refractivity contribution in [2.45, 2.75) is 71.1 Å². The predicted octanol–water partition coefficient (Wildman–Crippen LogP) is 3.43. The normalized spacial score (nSPS) is 22.2. The Hall–Kier alpha value is -1.26. The molecule has 0 aliphatic carbocycles. The summed E-state index contributed by atoms with van der Waals surface area (Å²) in [6.45, 7) is 11.4. The molecule has 3 atom stereocenters. The van der Waals surface area contributed by atoms with E-state index in [9.17, 15) is 4.79 Å². The van der Waals surface area contributed by atoms with Gasteiger partial charge >= 0.3 is 0 Å². The van der Waals surface area contributed by atoms with Crippen LogP contribution in [0.15, 0.2) is 24.3 Å². The van der Waals surface area contributed by atoms with Crippen LogP contribution in [0.1, 0.15) is 53.0 Å². The fourth-order valence-electron chi connectivity index (χ4n) is 2.87. The molecule has 1 aliphatic rings. The Morgan fingerprint density at radius 3 is 2.46 bits per heavy atom. The highest BCUT2D eigenvalue weighted by Gasteiger charge is 2.23. The molecule has 4 nitrogen and oxygen atoms in total. The van der Waals surface area contributed by atoms with Gasteiger partial charge in [-0.15, -0.1) is 12.4 Å². The highest BCUT2D eigenvalue weighted by molar-refractivity contribution is 5.85. The maximum atomic E-state index is 12.3. The van der Waals surface area contributed by atoms with Gasteiger partial charge in [-0.25, -0.2) is 0 Å². The second kappa shape index (κ2) is 8.72. The van der Waals surface area contributed by atoms with Crippen molar-refractivity contribution in [1.29, 1.82) is 0 Å². The van der Waals surface area contributed by atoms with Gasteiger partial charge in [0.05, 0.1) is 0 Å². The van der Waals surface area contributed by atoms with Gasteiger partial charge in [-0.1, -0.05) is 32.9 Å². The summed E-state index contributed by atoms with van der Waals surface area (Å²) in [6.07, 6.45) is 1.46. The largest absolute Gasteiger partial charge is 0.481 e. The first kappa shape index (κ1) is 20.8. The molecule has 1 saturated heterocycles. The van der Waals surface area contributed by atoms with E-state index in [0.29, 0.717) is 6.04 Å². The quantitative estimate of drug-likeness (QED) is 0.870. The van der Waals surface area contributed by atoms with E-state index in [0.717, 1.165) is 25.1 Å². The number of halogens is 1. The van der Waals surface area contributed by atoms with Crippen LogP contribution in [0.3, 0.4) is 0 Å². The van der Waals surface area contributed by atoms with Crippen molar-refractivity contribution in [2.75, 3.05) is 6.54 Å². The average Bonchev–Trinajstić information content (AvgIpc) is 2.46. The monoisotopic (exact) mass is 354 g/mol. The molecule has 1 amide bonds. The molecule has 5 heteroatoms. The molecular weight excluding hydrogens is 324 g/mol. The zero-order chi connectivity index (χ0) is 17.0. The molecule has 2 rings (SSSR count). The first-order chi connectivity index (χ1) is 10.8. The zero-order valence-electron chi connectivity index (χ0n) is 15.4. The molecule has 0 spiro atoms. The molecule has 1 heterocycles. The summed E-state index contributed by atoms with van der Waals surface area (Å²) in [5.41, 5.74) is 1.37. The summed E-state index contributed by atoms with van der Waals surface area (Å²) < 4.78 is 5.78. The molecule has 2 N–H and O–H groups in total. The van der Waals surface area contributed by atoms with Gasteiger partial charge in [0.1, 0.15) is 5.75 Å². The number of piperidine rings is 1. The highest BCUT2D eigenvalue weighted by atomic mass is 35.5. The van der Waals surface area contributed by atoms with E-state index in [-0.39, 0.29) is 29.8 Å². The van der Waals surface area contributed by atoms with Crippen molar-refractivity contribution in [3.05, 3.63) is 29.8 Å². The lowest BCUT2D eigenvalue weighted by Crippen LogP contribution is -2.49. The lowest BCUT2D eigenvalue weighted by Gasteiger charge is -2.29. The summed E-state index contributed by atoms with van der Waals surface area (Å²) >= 11 is 0. The summed E-state index contributed by atoms with van der Waals surface area (Å²) in [5.74, 6) is 0.698. The molecule has 136 valence electrons. The summed E-state index contributed by atoms with van der Waals surface area (Å²) in [5, 5.41) is 6.49. The van der Waals surface area contributed by atoms with Crippen molar-refractivity contribution >= 4 is 18.3 Å². The number of hydrogen-bond acceptors (Lipinski definition) is 3. The lowest BCUT2D eigenvalue weighted by atomic mass is 9.87. The number of carbonyl (C=O) groups is 1. The Kier molecular flexibility index (Phi) is 7.56. The molecule has 0 saturated carbocycles. The van der Waals surface area contributed by atoms with Crippen LogP contribution >= 0.6 is 12.4 Å². The fourth-order valence-corrected chi connectivity index (χ4v) is 2.87. The van der Waals surface area contributed by atoms with Gasteiger partial charge in [-0.2, -0.15) is 0 Å². The van der Waals surface area contributed by atoms with Crippen molar-refractivity contribution in [3.8, 4) is 5.75 Å². The molecule has 1 aromatic carbocycles. The summed E-state index contributed by atoms with van der Waals surface area (Å²) in [6, 6.07) is 8.71. The first-order valence-electron chi connectivity index (χ1n) is 8.56. The number of ether oxygens (including phenoxy) is 1. The van der Waals surface area contributed by atoms with E-state index < -0.39 is 6.10 Å². The third kappa shape index (κ3) is 5.99. The van der Waals surface area contributed by atoms with Crippen LogP contribution in [0.5, 0.6) is 5.75 Å². The van der Waals surface area contributed by atoms with Crippen LogP contribution in [-0.4, -0.2) is 30.6 Å². The van der Waals surface area contributed by atoms with E-state index >= 15 is 0 Å². The van der Waals surface area contributed by atoms with Crippen LogP contribution in [0.25, 0.3) is 0 Å². The molecule has 0 radical (unpaired) electrons. The Morgan fingerprint density at radius 1 is 1.29 bits per heavy atom. The average molecular weight is 355 g/mol. The molecule has 3 unspecified atom stereocenters. The zero-order valence-corrected chi connectivity index (χ0v) is 16.2.